The predicted molar refractivity (Wildman–Crippen MR) is 156 cm³/mol. The highest BCUT2D eigenvalue weighted by molar-refractivity contribution is 6.01. The number of rotatable bonds is 9. The number of esters is 1. The number of ketones is 1. The quantitative estimate of drug-likeness (QED) is 0.116. The molecule has 4 heteroatoms. The average molecular weight is 512 g/mol. The minimum Gasteiger partial charge on any atom is -0.463 e. The summed E-state index contributed by atoms with van der Waals surface area (Å²) in [6.07, 6.45) is 1.54. The van der Waals surface area contributed by atoms with Gasteiger partial charge in [-0.25, -0.2) is 4.79 Å². The summed E-state index contributed by atoms with van der Waals surface area (Å²) in [5, 5.41) is 0. The molecule has 1 aromatic heterocycles. The maximum atomic E-state index is 13.6. The van der Waals surface area contributed by atoms with E-state index in [9.17, 15) is 9.59 Å². The van der Waals surface area contributed by atoms with Crippen LogP contribution < -0.4 is 0 Å². The molecule has 0 saturated heterocycles. The largest absolute Gasteiger partial charge is 0.463 e. The molecule has 0 N–H and O–H groups in total. The van der Waals surface area contributed by atoms with Gasteiger partial charge in [0, 0.05) is 28.5 Å². The number of carbonyl (C=O) groups excluding carboxylic acids is 2. The molecule has 192 valence electrons. The second kappa shape index (κ2) is 12.1. The lowest BCUT2D eigenvalue weighted by Gasteiger charge is -2.18. The smallest absolute Gasteiger partial charge is 0.331 e. The van der Waals surface area contributed by atoms with Crippen LogP contribution in [0.1, 0.15) is 28.5 Å². The van der Waals surface area contributed by atoms with Gasteiger partial charge in [-0.3, -0.25) is 4.79 Å². The third-order valence-electron chi connectivity index (χ3n) is 6.54. The van der Waals surface area contributed by atoms with E-state index in [1.54, 1.807) is 13.0 Å². The van der Waals surface area contributed by atoms with E-state index in [-0.39, 0.29) is 18.9 Å². The molecule has 0 radical (unpaired) electrons. The first-order valence-electron chi connectivity index (χ1n) is 13.0. The Balaban J connectivity index is 1.82. The number of hydrogen-bond acceptors (Lipinski definition) is 3. The Bertz CT molecular complexity index is 1590. The summed E-state index contributed by atoms with van der Waals surface area (Å²) in [7, 11) is 0. The third-order valence-corrected chi connectivity index (χ3v) is 6.54. The number of carbonyl (C=O) groups is 2. The van der Waals surface area contributed by atoms with Gasteiger partial charge in [0.15, 0.2) is 5.78 Å². The molecule has 0 spiro atoms. The van der Waals surface area contributed by atoms with Crippen molar-refractivity contribution in [3.8, 4) is 22.4 Å². The fourth-order valence-corrected chi connectivity index (χ4v) is 4.76. The average Bonchev–Trinajstić information content (AvgIpc) is 3.36. The number of ether oxygens (including phenoxy) is 1. The van der Waals surface area contributed by atoms with E-state index in [0.717, 1.165) is 33.6 Å². The van der Waals surface area contributed by atoms with Crippen LogP contribution in [0, 0.1) is 0 Å². The summed E-state index contributed by atoms with van der Waals surface area (Å²) in [5.74, 6) is -0.452. The number of Topliss-reactive ketones (excluding diaryl/α,β-unsaturated/α-hetero) is 1. The highest BCUT2D eigenvalue weighted by atomic mass is 16.5. The third kappa shape index (κ3) is 5.81. The fourth-order valence-electron chi connectivity index (χ4n) is 4.76. The second-order valence-electron chi connectivity index (χ2n) is 9.08. The summed E-state index contributed by atoms with van der Waals surface area (Å²) in [6, 6.07) is 41.2. The van der Waals surface area contributed by atoms with Crippen LogP contribution in [0.15, 0.2) is 133 Å². The first kappa shape index (κ1) is 25.7. The standard InChI is InChI=1S/C35H29NO3/c1-2-39-34(38)24-31(27-17-9-4-10-18-27)35-30(26-15-7-3-8-16-26)23-32(28-19-11-5-12-20-28)36(35)25-33(37)29-21-13-6-14-22-29/h3-24H,2,25H2,1H3/b31-24-. The molecule has 0 aliphatic carbocycles. The summed E-state index contributed by atoms with van der Waals surface area (Å²) in [6.45, 7) is 2.16. The van der Waals surface area contributed by atoms with Gasteiger partial charge < -0.3 is 9.30 Å². The van der Waals surface area contributed by atoms with Gasteiger partial charge in [-0.05, 0) is 29.7 Å². The molecule has 0 bridgehead atoms. The Morgan fingerprint density at radius 2 is 1.21 bits per heavy atom. The van der Waals surface area contributed by atoms with Gasteiger partial charge in [-0.2, -0.15) is 0 Å². The molecule has 0 aliphatic rings. The zero-order valence-corrected chi connectivity index (χ0v) is 21.8. The minimum absolute atomic E-state index is 0.0206. The molecule has 0 atom stereocenters. The van der Waals surface area contributed by atoms with Gasteiger partial charge in [0.05, 0.1) is 18.8 Å². The molecule has 39 heavy (non-hydrogen) atoms. The van der Waals surface area contributed by atoms with E-state index < -0.39 is 5.97 Å². The monoisotopic (exact) mass is 511 g/mol. The first-order valence-corrected chi connectivity index (χ1v) is 13.0. The van der Waals surface area contributed by atoms with E-state index in [1.165, 1.54) is 0 Å². The molecule has 0 fully saturated rings. The van der Waals surface area contributed by atoms with Crippen molar-refractivity contribution in [2.45, 2.75) is 13.5 Å². The van der Waals surface area contributed by atoms with E-state index >= 15 is 0 Å². The van der Waals surface area contributed by atoms with Crippen LogP contribution in [0.3, 0.4) is 0 Å². The molecular weight excluding hydrogens is 482 g/mol. The molecule has 0 amide bonds. The van der Waals surface area contributed by atoms with E-state index in [4.69, 9.17) is 4.74 Å². The molecule has 1 heterocycles. The fraction of sp³-hybridized carbons (Fsp3) is 0.0857. The van der Waals surface area contributed by atoms with Gasteiger partial charge in [0.2, 0.25) is 0 Å². The summed E-state index contributed by atoms with van der Waals surface area (Å²) in [4.78, 5) is 26.6. The molecular formula is C35H29NO3. The maximum absolute atomic E-state index is 13.6. The van der Waals surface area contributed by atoms with Crippen LogP contribution in [0.25, 0.3) is 28.0 Å². The van der Waals surface area contributed by atoms with Gasteiger partial charge in [-0.1, -0.05) is 121 Å². The lowest BCUT2D eigenvalue weighted by atomic mass is 9.95. The first-order chi connectivity index (χ1) is 19.2. The summed E-state index contributed by atoms with van der Waals surface area (Å²) >= 11 is 0. The van der Waals surface area contributed by atoms with E-state index in [1.807, 2.05) is 126 Å². The van der Waals surface area contributed by atoms with Gasteiger partial charge in [0.25, 0.3) is 0 Å². The van der Waals surface area contributed by atoms with Crippen LogP contribution in [0.5, 0.6) is 0 Å². The van der Waals surface area contributed by atoms with Crippen molar-refractivity contribution in [2.24, 2.45) is 0 Å². The van der Waals surface area contributed by atoms with Crippen LogP contribution in [0.4, 0.5) is 0 Å². The highest BCUT2D eigenvalue weighted by Gasteiger charge is 2.24. The minimum atomic E-state index is -0.432. The Morgan fingerprint density at radius 3 is 1.77 bits per heavy atom. The zero-order chi connectivity index (χ0) is 27.0. The van der Waals surface area contributed by atoms with Crippen molar-refractivity contribution in [3.05, 3.63) is 150 Å². The Kier molecular flexibility index (Phi) is 7.94. The zero-order valence-electron chi connectivity index (χ0n) is 21.8. The van der Waals surface area contributed by atoms with Crippen molar-refractivity contribution in [1.29, 1.82) is 0 Å². The Morgan fingerprint density at radius 1 is 0.692 bits per heavy atom. The normalized spacial score (nSPS) is 11.3. The molecule has 5 aromatic rings. The van der Waals surface area contributed by atoms with Crippen LogP contribution >= 0.6 is 0 Å². The number of benzene rings is 4. The van der Waals surface area contributed by atoms with Crippen molar-refractivity contribution in [2.75, 3.05) is 6.61 Å². The highest BCUT2D eigenvalue weighted by Crippen LogP contribution is 2.39. The predicted octanol–water partition coefficient (Wildman–Crippen LogP) is 7.70. The Hall–Kier alpha value is -4.96. The SMILES string of the molecule is CCOC(=O)/C=C(/c1ccccc1)c1c(-c2ccccc2)cc(-c2ccccc2)n1CC(=O)c1ccccc1. The van der Waals surface area contributed by atoms with Gasteiger partial charge in [-0.15, -0.1) is 0 Å². The van der Waals surface area contributed by atoms with Crippen molar-refractivity contribution < 1.29 is 14.3 Å². The molecule has 0 saturated carbocycles. The van der Waals surface area contributed by atoms with Crippen molar-refractivity contribution in [1.82, 2.24) is 4.57 Å². The molecule has 5 rings (SSSR count). The number of aromatic nitrogens is 1. The maximum Gasteiger partial charge on any atom is 0.331 e. The summed E-state index contributed by atoms with van der Waals surface area (Å²) in [5.41, 5.74) is 6.74. The number of nitrogens with zero attached hydrogens (tertiary/aromatic N) is 1. The van der Waals surface area contributed by atoms with Crippen LogP contribution in [-0.4, -0.2) is 22.9 Å². The summed E-state index contributed by atoms with van der Waals surface area (Å²) < 4.78 is 7.38. The second-order valence-corrected chi connectivity index (χ2v) is 9.08. The Labute approximate surface area is 228 Å². The molecule has 4 nitrogen and oxygen atoms in total. The van der Waals surface area contributed by atoms with E-state index in [0.29, 0.717) is 11.1 Å². The van der Waals surface area contributed by atoms with E-state index in [2.05, 4.69) is 6.07 Å². The molecule has 4 aromatic carbocycles. The molecule has 0 aliphatic heterocycles. The lowest BCUT2D eigenvalue weighted by molar-refractivity contribution is -0.137. The van der Waals surface area contributed by atoms with Crippen molar-refractivity contribution >= 4 is 17.3 Å². The van der Waals surface area contributed by atoms with Gasteiger partial charge >= 0.3 is 5.97 Å². The topological polar surface area (TPSA) is 48.3 Å². The van der Waals surface area contributed by atoms with Crippen LogP contribution in [-0.2, 0) is 16.1 Å². The van der Waals surface area contributed by atoms with Crippen LogP contribution in [0.2, 0.25) is 0 Å². The lowest BCUT2D eigenvalue weighted by Crippen LogP contribution is -2.15. The number of hydrogen-bond donors (Lipinski definition) is 0. The molecule has 0 unspecified atom stereocenters. The van der Waals surface area contributed by atoms with Gasteiger partial charge in [0.1, 0.15) is 0 Å². The van der Waals surface area contributed by atoms with Crippen molar-refractivity contribution in [3.63, 3.8) is 0 Å².